The molecule has 0 amide bonds. The van der Waals surface area contributed by atoms with Gasteiger partial charge in [0, 0.05) is 6.42 Å². The average Bonchev–Trinajstić information content (AvgIpc) is 2.88. The molecular formula is C9H9Cl2NO5S. The topological polar surface area (TPSA) is 85.6 Å². The second-order valence-corrected chi connectivity index (χ2v) is 6.33. The van der Waals surface area contributed by atoms with Gasteiger partial charge in [-0.05, 0) is 12.1 Å². The monoisotopic (exact) mass is 313 g/mol. The van der Waals surface area contributed by atoms with Crippen LogP contribution < -0.4 is 4.72 Å². The number of ether oxygens (including phenoxy) is 1. The number of hydrogen-bond acceptors (Lipinski definition) is 5. The van der Waals surface area contributed by atoms with Crippen LogP contribution in [0, 0.1) is 0 Å². The molecule has 0 bridgehead atoms. The summed E-state index contributed by atoms with van der Waals surface area (Å²) in [6, 6.07) is 1.69. The number of cyclic esters (lactones) is 1. The maximum Gasteiger partial charge on any atom is 0.324 e. The zero-order chi connectivity index (χ0) is 13.3. The zero-order valence-electron chi connectivity index (χ0n) is 8.93. The summed E-state index contributed by atoms with van der Waals surface area (Å²) in [5.41, 5.74) is 0. The largest absolute Gasteiger partial charge is 0.464 e. The quantitative estimate of drug-likeness (QED) is 0.670. The van der Waals surface area contributed by atoms with Crippen LogP contribution >= 0.6 is 23.2 Å². The summed E-state index contributed by atoms with van der Waals surface area (Å²) in [6.07, 6.45) is 0.291. The molecule has 0 radical (unpaired) electrons. The predicted molar refractivity (Wildman–Crippen MR) is 62.8 cm³/mol. The lowest BCUT2D eigenvalue weighted by atomic mass is 10.3. The van der Waals surface area contributed by atoms with Crippen molar-refractivity contribution in [2.45, 2.75) is 22.4 Å². The van der Waals surface area contributed by atoms with Gasteiger partial charge in [0.15, 0.2) is 4.84 Å². The first kappa shape index (κ1) is 13.7. The minimum atomic E-state index is -3.92. The summed E-state index contributed by atoms with van der Waals surface area (Å²) in [5.74, 6) is -0.481. The Bertz CT molecular complexity index is 553. The van der Waals surface area contributed by atoms with Gasteiger partial charge >= 0.3 is 5.97 Å². The lowest BCUT2D eigenvalue weighted by Crippen LogP contribution is -2.37. The molecule has 0 aliphatic carbocycles. The first-order valence-electron chi connectivity index (χ1n) is 4.97. The number of rotatable bonds is 4. The van der Waals surface area contributed by atoms with Gasteiger partial charge in [-0.3, -0.25) is 4.79 Å². The average molecular weight is 314 g/mol. The van der Waals surface area contributed by atoms with Crippen LogP contribution in [-0.2, 0) is 19.6 Å². The molecular weight excluding hydrogens is 305 g/mol. The van der Waals surface area contributed by atoms with Crippen LogP contribution in [0.5, 0.6) is 0 Å². The van der Waals surface area contributed by atoms with Crippen molar-refractivity contribution < 1.29 is 22.4 Å². The third-order valence-corrected chi connectivity index (χ3v) is 4.09. The fraction of sp³-hybridized carbons (Fsp3) is 0.444. The Kier molecular flexibility index (Phi) is 3.86. The van der Waals surface area contributed by atoms with Crippen LogP contribution in [0.15, 0.2) is 21.6 Å². The second-order valence-electron chi connectivity index (χ2n) is 3.59. The van der Waals surface area contributed by atoms with E-state index in [9.17, 15) is 13.2 Å². The first-order valence-corrected chi connectivity index (χ1v) is 7.32. The van der Waals surface area contributed by atoms with Gasteiger partial charge in [-0.2, -0.15) is 4.72 Å². The minimum absolute atomic E-state index is 0.118. The highest BCUT2D eigenvalue weighted by Gasteiger charge is 2.32. The number of hydrogen-bond donors (Lipinski definition) is 1. The molecule has 1 aliphatic heterocycles. The summed E-state index contributed by atoms with van der Waals surface area (Å²) < 4.78 is 35.6. The molecule has 0 aromatic carbocycles. The van der Waals surface area contributed by atoms with Gasteiger partial charge in [-0.15, -0.1) is 0 Å². The number of esters is 1. The standard InChI is InChI=1S/C9H9Cl2NO5S/c10-8(11)6-1-2-7(17-6)18(14,15)12-5-3-4-16-9(5)13/h1-2,5,8,12H,3-4H2/t5-/m0/s1. The van der Waals surface area contributed by atoms with Crippen molar-refractivity contribution in [3.8, 4) is 0 Å². The Labute approximate surface area is 113 Å². The Morgan fingerprint density at radius 1 is 1.39 bits per heavy atom. The van der Waals surface area contributed by atoms with Crippen LogP contribution in [-0.4, -0.2) is 27.0 Å². The molecule has 1 aromatic rings. The maximum absolute atomic E-state index is 11.9. The third kappa shape index (κ3) is 2.80. The highest BCUT2D eigenvalue weighted by Crippen LogP contribution is 2.28. The third-order valence-electron chi connectivity index (χ3n) is 2.31. The van der Waals surface area contributed by atoms with E-state index in [0.29, 0.717) is 6.42 Å². The lowest BCUT2D eigenvalue weighted by molar-refractivity contribution is -0.139. The fourth-order valence-electron chi connectivity index (χ4n) is 1.44. The van der Waals surface area contributed by atoms with Crippen molar-refractivity contribution in [3.05, 3.63) is 17.9 Å². The summed E-state index contributed by atoms with van der Waals surface area (Å²) in [6.45, 7) is 0.195. The smallest absolute Gasteiger partial charge is 0.324 e. The van der Waals surface area contributed by atoms with E-state index in [1.165, 1.54) is 12.1 Å². The van der Waals surface area contributed by atoms with Gasteiger partial charge in [0.05, 0.1) is 6.61 Å². The molecule has 1 fully saturated rings. The molecule has 9 heteroatoms. The van der Waals surface area contributed by atoms with E-state index in [2.05, 4.69) is 9.46 Å². The molecule has 2 rings (SSSR count). The van der Waals surface area contributed by atoms with Crippen LogP contribution in [0.25, 0.3) is 0 Å². The number of halogens is 2. The fourth-order valence-corrected chi connectivity index (χ4v) is 2.84. The molecule has 1 saturated heterocycles. The number of carbonyl (C=O) groups is 1. The van der Waals surface area contributed by atoms with Crippen LogP contribution in [0.3, 0.4) is 0 Å². The minimum Gasteiger partial charge on any atom is -0.464 e. The Hall–Kier alpha value is -0.760. The Morgan fingerprint density at radius 2 is 2.11 bits per heavy atom. The van der Waals surface area contributed by atoms with Gasteiger partial charge in [-0.25, -0.2) is 8.42 Å². The van der Waals surface area contributed by atoms with Crippen molar-refractivity contribution >= 4 is 39.2 Å². The van der Waals surface area contributed by atoms with Gasteiger partial charge in [0.2, 0.25) is 5.09 Å². The first-order chi connectivity index (χ1) is 8.40. The van der Waals surface area contributed by atoms with E-state index in [0.717, 1.165) is 0 Å². The van der Waals surface area contributed by atoms with Gasteiger partial charge in [0.25, 0.3) is 10.0 Å². The molecule has 1 aliphatic rings. The maximum atomic E-state index is 11.9. The predicted octanol–water partition coefficient (Wildman–Crippen LogP) is 1.35. The van der Waals surface area contributed by atoms with E-state index in [1.807, 2.05) is 0 Å². The summed E-state index contributed by atoms with van der Waals surface area (Å²) in [4.78, 5) is 10.2. The SMILES string of the molecule is O=C1OCC[C@@H]1NS(=O)(=O)c1ccc(C(Cl)Cl)o1. The van der Waals surface area contributed by atoms with E-state index in [-0.39, 0.29) is 17.5 Å². The number of furan rings is 1. The molecule has 2 heterocycles. The van der Waals surface area contributed by atoms with Gasteiger partial charge < -0.3 is 9.15 Å². The van der Waals surface area contributed by atoms with E-state index in [4.69, 9.17) is 27.6 Å². The number of alkyl halides is 2. The van der Waals surface area contributed by atoms with Gasteiger partial charge in [0.1, 0.15) is 11.8 Å². The van der Waals surface area contributed by atoms with Crippen LogP contribution in [0.1, 0.15) is 17.0 Å². The molecule has 0 saturated carbocycles. The van der Waals surface area contributed by atoms with E-state index in [1.54, 1.807) is 0 Å². The summed E-state index contributed by atoms with van der Waals surface area (Å²) >= 11 is 11.1. The zero-order valence-corrected chi connectivity index (χ0v) is 11.3. The number of sulfonamides is 1. The number of carbonyl (C=O) groups excluding carboxylic acids is 1. The van der Waals surface area contributed by atoms with Crippen molar-refractivity contribution in [2.24, 2.45) is 0 Å². The van der Waals surface area contributed by atoms with E-state index < -0.39 is 26.9 Å². The van der Waals surface area contributed by atoms with Crippen LogP contribution in [0.4, 0.5) is 0 Å². The van der Waals surface area contributed by atoms with Crippen molar-refractivity contribution in [1.29, 1.82) is 0 Å². The lowest BCUT2D eigenvalue weighted by Gasteiger charge is -2.07. The molecule has 1 aromatic heterocycles. The molecule has 0 unspecified atom stereocenters. The molecule has 0 spiro atoms. The second kappa shape index (κ2) is 5.08. The molecule has 1 atom stereocenters. The Balaban J connectivity index is 2.17. The highest BCUT2D eigenvalue weighted by atomic mass is 35.5. The van der Waals surface area contributed by atoms with E-state index >= 15 is 0 Å². The molecule has 100 valence electrons. The van der Waals surface area contributed by atoms with Gasteiger partial charge in [-0.1, -0.05) is 23.2 Å². The molecule has 18 heavy (non-hydrogen) atoms. The summed E-state index contributed by atoms with van der Waals surface area (Å²) in [7, 11) is -3.92. The molecule has 1 N–H and O–H groups in total. The van der Waals surface area contributed by atoms with Crippen LogP contribution in [0.2, 0.25) is 0 Å². The number of nitrogens with one attached hydrogen (secondary N) is 1. The highest BCUT2D eigenvalue weighted by molar-refractivity contribution is 7.89. The summed E-state index contributed by atoms with van der Waals surface area (Å²) in [5, 5.41) is -0.344. The Morgan fingerprint density at radius 3 is 2.61 bits per heavy atom. The van der Waals surface area contributed by atoms with Crippen molar-refractivity contribution in [3.63, 3.8) is 0 Å². The van der Waals surface area contributed by atoms with Crippen molar-refractivity contribution in [2.75, 3.05) is 6.61 Å². The normalized spacial score (nSPS) is 20.4. The van der Waals surface area contributed by atoms with Crippen molar-refractivity contribution in [1.82, 2.24) is 4.72 Å². The molecule has 6 nitrogen and oxygen atoms in total.